The van der Waals surface area contributed by atoms with E-state index in [4.69, 9.17) is 4.74 Å². The topological polar surface area (TPSA) is 91.2 Å². The van der Waals surface area contributed by atoms with Crippen molar-refractivity contribution in [2.75, 3.05) is 5.32 Å². The minimum absolute atomic E-state index is 0.139. The van der Waals surface area contributed by atoms with Gasteiger partial charge in [-0.05, 0) is 31.2 Å². The molecule has 1 aliphatic heterocycles. The first-order valence-corrected chi connectivity index (χ1v) is 6.87. The second-order valence-electron chi connectivity index (χ2n) is 4.95. The third-order valence-corrected chi connectivity index (χ3v) is 3.33. The van der Waals surface area contributed by atoms with E-state index in [1.807, 2.05) is 0 Å². The third-order valence-electron chi connectivity index (χ3n) is 3.25. The predicted octanol–water partition coefficient (Wildman–Crippen LogP) is 1.09. The van der Waals surface area contributed by atoms with Gasteiger partial charge in [-0.3, -0.25) is 0 Å². The Balaban J connectivity index is 2.01. The number of hydrogen-bond donors (Lipinski definition) is 4. The van der Waals surface area contributed by atoms with Crippen LogP contribution in [0.25, 0.3) is 0 Å². The Morgan fingerprint density at radius 3 is 2.27 bits per heavy atom. The average molecular weight is 340 g/mol. The van der Waals surface area contributed by atoms with Crippen molar-refractivity contribution in [3.63, 3.8) is 0 Å². The molecule has 1 saturated heterocycles. The summed E-state index contributed by atoms with van der Waals surface area (Å²) >= 11 is 4.65. The van der Waals surface area contributed by atoms with Gasteiger partial charge in [0, 0.05) is 17.3 Å². The van der Waals surface area contributed by atoms with Crippen molar-refractivity contribution >= 4 is 17.3 Å². The normalized spacial score (nSPS) is 32.6. The number of benzene rings is 1. The van der Waals surface area contributed by atoms with Crippen LogP contribution < -0.4 is 10.1 Å². The largest absolute Gasteiger partial charge is 0.487 e. The minimum atomic E-state index is -3.80. The summed E-state index contributed by atoms with van der Waals surface area (Å²) in [5.41, 5.74) is -3.36. The maximum Gasteiger partial charge on any atom is 0.487 e. The van der Waals surface area contributed by atoms with Gasteiger partial charge in [0.05, 0.1) is 6.10 Å². The molecule has 6 nitrogen and oxygen atoms in total. The minimum Gasteiger partial charge on any atom is -0.420 e. The molecule has 1 fully saturated rings. The van der Waals surface area contributed by atoms with Gasteiger partial charge in [-0.25, -0.2) is 0 Å². The number of ether oxygens (including phenoxy) is 2. The number of aliphatic hydroxyl groups excluding tert-OH is 3. The second-order valence-corrected chi connectivity index (χ2v) is 5.39. The number of aliphatic hydroxyl groups is 3. The fourth-order valence-corrected chi connectivity index (χ4v) is 2.18. The van der Waals surface area contributed by atoms with Crippen molar-refractivity contribution < 1.29 is 33.6 Å². The first-order chi connectivity index (χ1) is 10.2. The Morgan fingerprint density at radius 2 is 1.73 bits per heavy atom. The van der Waals surface area contributed by atoms with E-state index in [9.17, 15) is 24.1 Å². The summed E-state index contributed by atoms with van der Waals surface area (Å²) in [6.07, 6.45) is -5.56. The molecule has 1 aromatic carbocycles. The molecular formula is C13H16ClF2NO5. The number of nitrogens with one attached hydrogen (secondary N) is 1. The highest BCUT2D eigenvalue weighted by molar-refractivity contribution is 6.20. The van der Waals surface area contributed by atoms with Gasteiger partial charge in [0.25, 0.3) is 0 Å². The molecule has 1 aromatic rings. The molecule has 9 heteroatoms. The molecule has 0 saturated carbocycles. The highest BCUT2D eigenvalue weighted by Crippen LogP contribution is 2.27. The molecule has 0 unspecified atom stereocenters. The van der Waals surface area contributed by atoms with Crippen molar-refractivity contribution in [1.29, 1.82) is 0 Å². The van der Waals surface area contributed by atoms with Gasteiger partial charge in [-0.1, -0.05) is 0 Å². The predicted molar refractivity (Wildman–Crippen MR) is 73.8 cm³/mol. The van der Waals surface area contributed by atoms with E-state index < -0.39 is 36.2 Å². The highest BCUT2D eigenvalue weighted by Gasteiger charge is 2.41. The van der Waals surface area contributed by atoms with Crippen LogP contribution in [-0.4, -0.2) is 51.5 Å². The monoisotopic (exact) mass is 339 g/mol. The molecule has 1 heterocycles. The van der Waals surface area contributed by atoms with Crippen LogP contribution in [0.3, 0.4) is 0 Å². The van der Waals surface area contributed by atoms with E-state index in [1.54, 1.807) is 6.92 Å². The maximum atomic E-state index is 12.5. The summed E-state index contributed by atoms with van der Waals surface area (Å²) in [5.74, 6) is -0.139. The van der Waals surface area contributed by atoms with E-state index in [2.05, 4.69) is 21.7 Å². The third kappa shape index (κ3) is 4.17. The lowest BCUT2D eigenvalue weighted by Crippen LogP contribution is -2.58. The van der Waals surface area contributed by atoms with Crippen LogP contribution in [0.2, 0.25) is 0 Å². The van der Waals surface area contributed by atoms with E-state index in [-0.39, 0.29) is 5.75 Å². The first-order valence-electron chi connectivity index (χ1n) is 6.49. The highest BCUT2D eigenvalue weighted by atomic mass is 35.5. The van der Waals surface area contributed by atoms with Gasteiger partial charge < -0.3 is 30.1 Å². The van der Waals surface area contributed by atoms with Crippen LogP contribution in [0.1, 0.15) is 6.92 Å². The Bertz CT molecular complexity index is 498. The van der Waals surface area contributed by atoms with Gasteiger partial charge >= 0.3 is 5.57 Å². The van der Waals surface area contributed by atoms with Crippen LogP contribution >= 0.6 is 11.6 Å². The zero-order valence-corrected chi connectivity index (χ0v) is 12.2. The fourth-order valence-electron chi connectivity index (χ4n) is 2.09. The van der Waals surface area contributed by atoms with Crippen molar-refractivity contribution in [2.24, 2.45) is 0 Å². The van der Waals surface area contributed by atoms with E-state index in [0.29, 0.717) is 5.69 Å². The van der Waals surface area contributed by atoms with Gasteiger partial charge in [0.15, 0.2) is 6.23 Å². The Labute approximate surface area is 130 Å². The van der Waals surface area contributed by atoms with Gasteiger partial charge in [0.2, 0.25) is 0 Å². The standard InChI is InChI=1S/C13H16ClF2NO5/c1-6-9(18)10(19)11(20)12(21-6)17-7-2-4-8(5-3-7)22-13(14,15)16/h2-6,9-12,17-20H,1H3/t6-,9+,10+,11+,12-/m1/s1. The number of anilines is 1. The van der Waals surface area contributed by atoms with Crippen LogP contribution in [-0.2, 0) is 4.74 Å². The molecule has 1 aliphatic rings. The molecule has 0 radical (unpaired) electrons. The van der Waals surface area contributed by atoms with E-state index in [0.717, 1.165) is 0 Å². The average Bonchev–Trinajstić information content (AvgIpc) is 2.43. The Kier molecular flexibility index (Phi) is 5.08. The van der Waals surface area contributed by atoms with Crippen LogP contribution in [0.5, 0.6) is 5.75 Å². The summed E-state index contributed by atoms with van der Waals surface area (Å²) in [6.45, 7) is 1.55. The number of rotatable bonds is 4. The molecule has 0 amide bonds. The van der Waals surface area contributed by atoms with Crippen LogP contribution in [0, 0.1) is 0 Å². The molecule has 0 bridgehead atoms. The molecule has 2 rings (SSSR count). The van der Waals surface area contributed by atoms with E-state index in [1.165, 1.54) is 24.3 Å². The number of hydrogen-bond acceptors (Lipinski definition) is 6. The molecule has 22 heavy (non-hydrogen) atoms. The molecule has 0 aliphatic carbocycles. The molecular weight excluding hydrogens is 324 g/mol. The molecule has 0 aromatic heterocycles. The summed E-state index contributed by atoms with van der Waals surface area (Å²) < 4.78 is 34.5. The Hall–Kier alpha value is -1.19. The number of alkyl halides is 3. The maximum absolute atomic E-state index is 12.5. The molecule has 0 spiro atoms. The van der Waals surface area contributed by atoms with Gasteiger partial charge in [-0.2, -0.15) is 0 Å². The first kappa shape index (κ1) is 17.2. The van der Waals surface area contributed by atoms with Gasteiger partial charge in [-0.15, -0.1) is 8.78 Å². The molecule has 5 atom stereocenters. The summed E-state index contributed by atoms with van der Waals surface area (Å²) in [4.78, 5) is 0. The van der Waals surface area contributed by atoms with Crippen molar-refractivity contribution in [1.82, 2.24) is 0 Å². The lowest BCUT2D eigenvalue weighted by Gasteiger charge is -2.39. The lowest BCUT2D eigenvalue weighted by atomic mass is 9.99. The van der Waals surface area contributed by atoms with Crippen molar-refractivity contribution in [3.8, 4) is 5.75 Å². The lowest BCUT2D eigenvalue weighted by molar-refractivity contribution is -0.209. The fraction of sp³-hybridized carbons (Fsp3) is 0.538. The van der Waals surface area contributed by atoms with Crippen LogP contribution in [0.15, 0.2) is 24.3 Å². The zero-order chi connectivity index (χ0) is 16.5. The van der Waals surface area contributed by atoms with Crippen molar-refractivity contribution in [2.45, 2.75) is 43.1 Å². The SMILES string of the molecule is C[C@H]1O[C@@H](Nc2ccc(OC(F)(F)Cl)cc2)[C@@H](O)[C@@H](O)[C@H]1O. The molecule has 124 valence electrons. The quantitative estimate of drug-likeness (QED) is 0.614. The second kappa shape index (κ2) is 6.51. The summed E-state index contributed by atoms with van der Waals surface area (Å²) in [7, 11) is 0. The molecule has 4 N–H and O–H groups in total. The summed E-state index contributed by atoms with van der Waals surface area (Å²) in [5, 5.41) is 31.9. The zero-order valence-electron chi connectivity index (χ0n) is 11.5. The van der Waals surface area contributed by atoms with Crippen LogP contribution in [0.4, 0.5) is 14.5 Å². The smallest absolute Gasteiger partial charge is 0.420 e. The Morgan fingerprint density at radius 1 is 1.14 bits per heavy atom. The number of halogens is 3. The summed E-state index contributed by atoms with van der Waals surface area (Å²) in [6, 6.07) is 5.33. The van der Waals surface area contributed by atoms with E-state index >= 15 is 0 Å². The van der Waals surface area contributed by atoms with Gasteiger partial charge in [0.1, 0.15) is 24.1 Å². The van der Waals surface area contributed by atoms with Crippen molar-refractivity contribution in [3.05, 3.63) is 24.3 Å².